The molecule has 1 aliphatic heterocycles. The molecule has 1 aliphatic rings. The van der Waals surface area contributed by atoms with Crippen LogP contribution < -0.4 is 0 Å². The molecule has 0 bridgehead atoms. The van der Waals surface area contributed by atoms with E-state index in [2.05, 4.69) is 9.97 Å². The van der Waals surface area contributed by atoms with E-state index in [1.165, 1.54) is 12.5 Å². The molecule has 1 unspecified atom stereocenters. The summed E-state index contributed by atoms with van der Waals surface area (Å²) in [6.45, 7) is 1.18. The van der Waals surface area contributed by atoms with Gasteiger partial charge in [0, 0.05) is 19.3 Å². The summed E-state index contributed by atoms with van der Waals surface area (Å²) in [6.07, 6.45) is 3.77. The number of aliphatic hydroxyl groups is 1. The van der Waals surface area contributed by atoms with E-state index in [4.69, 9.17) is 11.6 Å². The van der Waals surface area contributed by atoms with Crippen molar-refractivity contribution in [2.45, 2.75) is 18.9 Å². The number of likely N-dealkylation sites (tertiary alicyclic amines) is 1. The van der Waals surface area contributed by atoms with Crippen LogP contribution in [0.2, 0.25) is 5.02 Å². The van der Waals surface area contributed by atoms with Crippen molar-refractivity contribution in [1.82, 2.24) is 14.9 Å². The standard InChI is InChI=1S/C17H18ClN3O2/c18-14-10-19-11-20-15(14)17(23)21-8-6-13(7-9-21)16(22)12-4-2-1-3-5-12/h1-5,10-11,13,16,22H,6-9H2. The van der Waals surface area contributed by atoms with E-state index in [0.717, 1.165) is 18.4 Å². The van der Waals surface area contributed by atoms with Crippen molar-refractivity contribution in [3.8, 4) is 0 Å². The molecule has 1 aromatic carbocycles. The van der Waals surface area contributed by atoms with Crippen molar-refractivity contribution in [2.24, 2.45) is 5.92 Å². The van der Waals surface area contributed by atoms with Crippen molar-refractivity contribution in [1.29, 1.82) is 0 Å². The minimum atomic E-state index is -0.490. The highest BCUT2D eigenvalue weighted by Crippen LogP contribution is 2.31. The molecule has 23 heavy (non-hydrogen) atoms. The first kappa shape index (κ1) is 15.9. The number of nitrogens with zero attached hydrogens (tertiary/aromatic N) is 3. The lowest BCUT2D eigenvalue weighted by molar-refractivity contribution is 0.0458. The summed E-state index contributed by atoms with van der Waals surface area (Å²) in [5, 5.41) is 10.8. The van der Waals surface area contributed by atoms with Gasteiger partial charge in [-0.05, 0) is 24.3 Å². The highest BCUT2D eigenvalue weighted by Gasteiger charge is 2.29. The first-order valence-corrected chi connectivity index (χ1v) is 8.02. The van der Waals surface area contributed by atoms with Crippen molar-refractivity contribution >= 4 is 17.5 Å². The lowest BCUT2D eigenvalue weighted by atomic mass is 9.87. The molecule has 1 fully saturated rings. The van der Waals surface area contributed by atoms with Gasteiger partial charge in [0.25, 0.3) is 5.91 Å². The summed E-state index contributed by atoms with van der Waals surface area (Å²) in [7, 11) is 0. The topological polar surface area (TPSA) is 66.3 Å². The smallest absolute Gasteiger partial charge is 0.274 e. The van der Waals surface area contributed by atoms with Crippen LogP contribution in [0.15, 0.2) is 42.9 Å². The molecule has 6 heteroatoms. The third-order valence-corrected chi connectivity index (χ3v) is 4.56. The van der Waals surface area contributed by atoms with Crippen molar-refractivity contribution in [2.75, 3.05) is 13.1 Å². The van der Waals surface area contributed by atoms with Crippen LogP contribution in [-0.2, 0) is 0 Å². The van der Waals surface area contributed by atoms with E-state index in [0.29, 0.717) is 13.1 Å². The predicted octanol–water partition coefficient (Wildman–Crippen LogP) is 2.72. The molecule has 1 N–H and O–H groups in total. The van der Waals surface area contributed by atoms with Crippen LogP contribution in [0, 0.1) is 5.92 Å². The van der Waals surface area contributed by atoms with Crippen LogP contribution in [0.3, 0.4) is 0 Å². The van der Waals surface area contributed by atoms with Crippen molar-refractivity contribution in [3.05, 3.63) is 59.1 Å². The van der Waals surface area contributed by atoms with Crippen LogP contribution >= 0.6 is 11.6 Å². The Kier molecular flexibility index (Phi) is 4.88. The molecule has 5 nitrogen and oxygen atoms in total. The van der Waals surface area contributed by atoms with Crippen LogP contribution in [0.1, 0.15) is 35.0 Å². The molecule has 0 aliphatic carbocycles. The second kappa shape index (κ2) is 7.06. The molecule has 1 saturated heterocycles. The molecule has 120 valence electrons. The van der Waals surface area contributed by atoms with Crippen molar-refractivity contribution < 1.29 is 9.90 Å². The number of aliphatic hydroxyl groups excluding tert-OH is 1. The maximum atomic E-state index is 12.5. The number of carbonyl (C=O) groups is 1. The average molecular weight is 332 g/mol. The second-order valence-electron chi connectivity index (χ2n) is 5.70. The number of carbonyl (C=O) groups excluding carboxylic acids is 1. The molecule has 1 aromatic heterocycles. The Balaban J connectivity index is 1.62. The van der Waals surface area contributed by atoms with Gasteiger partial charge in [0.1, 0.15) is 12.0 Å². The van der Waals surface area contributed by atoms with Gasteiger partial charge in [0.2, 0.25) is 0 Å². The highest BCUT2D eigenvalue weighted by atomic mass is 35.5. The Morgan fingerprint density at radius 1 is 1.26 bits per heavy atom. The minimum absolute atomic E-state index is 0.155. The maximum absolute atomic E-state index is 12.5. The van der Waals surface area contributed by atoms with Crippen LogP contribution in [0.4, 0.5) is 0 Å². The number of hydrogen-bond acceptors (Lipinski definition) is 4. The Bertz CT molecular complexity index is 673. The zero-order valence-corrected chi connectivity index (χ0v) is 13.4. The minimum Gasteiger partial charge on any atom is -0.388 e. The van der Waals surface area contributed by atoms with Crippen LogP contribution in [-0.4, -0.2) is 39.0 Å². The van der Waals surface area contributed by atoms with Crippen LogP contribution in [0.25, 0.3) is 0 Å². The first-order chi connectivity index (χ1) is 11.2. The second-order valence-corrected chi connectivity index (χ2v) is 6.11. The largest absolute Gasteiger partial charge is 0.388 e. The third kappa shape index (κ3) is 3.51. The van der Waals surface area contributed by atoms with Gasteiger partial charge < -0.3 is 10.0 Å². The molecule has 0 radical (unpaired) electrons. The summed E-state index contributed by atoms with van der Waals surface area (Å²) in [5.41, 5.74) is 1.17. The third-order valence-electron chi connectivity index (χ3n) is 4.28. The molecule has 3 rings (SSSR count). The molecule has 0 spiro atoms. The van der Waals surface area contributed by atoms with E-state index < -0.39 is 6.10 Å². The van der Waals surface area contributed by atoms with Gasteiger partial charge in [-0.2, -0.15) is 0 Å². The molecular weight excluding hydrogens is 314 g/mol. The Morgan fingerprint density at radius 3 is 2.61 bits per heavy atom. The number of halogens is 1. The summed E-state index contributed by atoms with van der Waals surface area (Å²) >= 11 is 5.98. The molecule has 2 aromatic rings. The van der Waals surface area contributed by atoms with Gasteiger partial charge in [-0.1, -0.05) is 41.9 Å². The van der Waals surface area contributed by atoms with E-state index in [9.17, 15) is 9.90 Å². The van der Waals surface area contributed by atoms with Gasteiger partial charge in [-0.3, -0.25) is 4.79 Å². The molecule has 1 atom stereocenters. The number of amides is 1. The quantitative estimate of drug-likeness (QED) is 0.939. The molecular formula is C17H18ClN3O2. The Labute approximate surface area is 139 Å². The van der Waals surface area contributed by atoms with Gasteiger partial charge in [-0.15, -0.1) is 0 Å². The van der Waals surface area contributed by atoms with Crippen molar-refractivity contribution in [3.63, 3.8) is 0 Å². The van der Waals surface area contributed by atoms with E-state index in [-0.39, 0.29) is 22.5 Å². The zero-order valence-electron chi connectivity index (χ0n) is 12.6. The lowest BCUT2D eigenvalue weighted by Gasteiger charge is -2.34. The summed E-state index contributed by atoms with van der Waals surface area (Å²) in [5.74, 6) is -0.0210. The first-order valence-electron chi connectivity index (χ1n) is 7.64. The SMILES string of the molecule is O=C(c1ncncc1Cl)N1CCC(C(O)c2ccccc2)CC1. The fourth-order valence-electron chi connectivity index (χ4n) is 2.96. The van der Waals surface area contributed by atoms with Gasteiger partial charge in [-0.25, -0.2) is 9.97 Å². The molecule has 1 amide bonds. The monoisotopic (exact) mass is 331 g/mol. The average Bonchev–Trinajstić information content (AvgIpc) is 2.62. The van der Waals surface area contributed by atoms with Gasteiger partial charge >= 0.3 is 0 Å². The maximum Gasteiger partial charge on any atom is 0.274 e. The number of rotatable bonds is 3. The van der Waals surface area contributed by atoms with Gasteiger partial charge in [0.05, 0.1) is 11.1 Å². The van der Waals surface area contributed by atoms with E-state index in [1.54, 1.807) is 4.90 Å². The summed E-state index contributed by atoms with van der Waals surface area (Å²) in [4.78, 5) is 22.0. The number of aromatic nitrogens is 2. The van der Waals surface area contributed by atoms with E-state index >= 15 is 0 Å². The van der Waals surface area contributed by atoms with Gasteiger partial charge in [0.15, 0.2) is 0 Å². The summed E-state index contributed by atoms with van der Waals surface area (Å²) in [6, 6.07) is 9.65. The summed E-state index contributed by atoms with van der Waals surface area (Å²) < 4.78 is 0. The molecule has 2 heterocycles. The normalized spacial score (nSPS) is 17.0. The number of piperidine rings is 1. The lowest BCUT2D eigenvalue weighted by Crippen LogP contribution is -2.40. The number of hydrogen-bond donors (Lipinski definition) is 1. The van der Waals surface area contributed by atoms with E-state index in [1.807, 2.05) is 30.3 Å². The Hall–Kier alpha value is -1.98. The zero-order chi connectivity index (χ0) is 16.2. The highest BCUT2D eigenvalue weighted by molar-refractivity contribution is 6.33. The predicted molar refractivity (Wildman–Crippen MR) is 87.1 cm³/mol. The Morgan fingerprint density at radius 2 is 1.96 bits per heavy atom. The fraction of sp³-hybridized carbons (Fsp3) is 0.353. The number of benzene rings is 1. The fourth-order valence-corrected chi connectivity index (χ4v) is 3.15. The molecule has 0 saturated carbocycles. The van der Waals surface area contributed by atoms with Crippen LogP contribution in [0.5, 0.6) is 0 Å².